The molecule has 0 radical (unpaired) electrons. The maximum Gasteiger partial charge on any atom is 0.148 e. The third kappa shape index (κ3) is 5.16. The Balaban J connectivity index is 1.02. The smallest absolute Gasteiger partial charge is 0.148 e. The molecule has 1 saturated carbocycles. The lowest BCUT2D eigenvalue weighted by molar-refractivity contribution is 0.160. The van der Waals surface area contributed by atoms with Crippen molar-refractivity contribution in [3.05, 3.63) is 95.8 Å². The molecule has 1 N–H and O–H groups in total. The van der Waals surface area contributed by atoms with E-state index in [2.05, 4.69) is 86.2 Å². The van der Waals surface area contributed by atoms with Crippen molar-refractivity contribution in [2.75, 3.05) is 31.5 Å². The van der Waals surface area contributed by atoms with Gasteiger partial charge in [0.05, 0.1) is 11.4 Å². The first kappa shape index (κ1) is 23.9. The maximum absolute atomic E-state index is 4.44. The fourth-order valence-corrected chi connectivity index (χ4v) is 6.19. The van der Waals surface area contributed by atoms with Gasteiger partial charge in [0.15, 0.2) is 0 Å². The SMILES string of the molecule is Cc1nn(C)cc1-c1ccc(NCC2CC23CCN(CC(c2ccccc2)c2ccccc2)CC3)nn1. The molecule has 6 heteroatoms. The molecule has 4 aromatic rings. The van der Waals surface area contributed by atoms with Gasteiger partial charge in [-0.2, -0.15) is 5.10 Å². The minimum Gasteiger partial charge on any atom is -0.368 e. The summed E-state index contributed by atoms with van der Waals surface area (Å²) in [6, 6.07) is 26.1. The topological polar surface area (TPSA) is 58.9 Å². The summed E-state index contributed by atoms with van der Waals surface area (Å²) < 4.78 is 1.82. The van der Waals surface area contributed by atoms with Crippen LogP contribution in [0.3, 0.4) is 0 Å². The third-order valence-corrected chi connectivity index (χ3v) is 8.54. The van der Waals surface area contributed by atoms with Gasteiger partial charge in [0.2, 0.25) is 0 Å². The van der Waals surface area contributed by atoms with Gasteiger partial charge in [-0.15, -0.1) is 10.2 Å². The van der Waals surface area contributed by atoms with Crippen LogP contribution in [0.5, 0.6) is 0 Å². The van der Waals surface area contributed by atoms with Crippen LogP contribution >= 0.6 is 0 Å². The zero-order valence-electron chi connectivity index (χ0n) is 21.8. The van der Waals surface area contributed by atoms with Crippen LogP contribution in [0.1, 0.15) is 42.0 Å². The van der Waals surface area contributed by atoms with Crippen LogP contribution in [0.4, 0.5) is 5.82 Å². The Morgan fingerprint density at radius 2 is 1.59 bits per heavy atom. The molecule has 1 aliphatic heterocycles. The minimum atomic E-state index is 0.421. The number of piperidine rings is 1. The summed E-state index contributed by atoms with van der Waals surface area (Å²) in [6.45, 7) is 6.45. The second-order valence-corrected chi connectivity index (χ2v) is 10.9. The monoisotopic (exact) mass is 492 g/mol. The van der Waals surface area contributed by atoms with Gasteiger partial charge in [0.25, 0.3) is 0 Å². The van der Waals surface area contributed by atoms with Crippen LogP contribution in [-0.4, -0.2) is 51.1 Å². The van der Waals surface area contributed by atoms with Crippen LogP contribution in [-0.2, 0) is 7.05 Å². The van der Waals surface area contributed by atoms with Crippen LogP contribution in [0.25, 0.3) is 11.3 Å². The summed E-state index contributed by atoms with van der Waals surface area (Å²) in [4.78, 5) is 2.68. The molecule has 2 aromatic heterocycles. The number of rotatable bonds is 8. The van der Waals surface area contributed by atoms with E-state index in [0.29, 0.717) is 11.3 Å². The molecule has 190 valence electrons. The third-order valence-electron chi connectivity index (χ3n) is 8.54. The van der Waals surface area contributed by atoms with Crippen LogP contribution in [0, 0.1) is 18.3 Å². The molecule has 3 heterocycles. The zero-order valence-corrected chi connectivity index (χ0v) is 21.8. The highest BCUT2D eigenvalue weighted by molar-refractivity contribution is 5.61. The summed E-state index contributed by atoms with van der Waals surface area (Å²) in [5, 5.41) is 16.8. The lowest BCUT2D eigenvalue weighted by Gasteiger charge is -2.35. The Kier molecular flexibility index (Phi) is 6.51. The Labute approximate surface area is 219 Å². The van der Waals surface area contributed by atoms with E-state index < -0.39 is 0 Å². The van der Waals surface area contributed by atoms with E-state index >= 15 is 0 Å². The largest absolute Gasteiger partial charge is 0.368 e. The summed E-state index contributed by atoms with van der Waals surface area (Å²) >= 11 is 0. The van der Waals surface area contributed by atoms with E-state index in [-0.39, 0.29) is 0 Å². The zero-order chi connectivity index (χ0) is 25.2. The maximum atomic E-state index is 4.44. The highest BCUT2D eigenvalue weighted by Crippen LogP contribution is 2.59. The van der Waals surface area contributed by atoms with Crippen molar-refractivity contribution in [2.24, 2.45) is 18.4 Å². The molecule has 0 amide bonds. The first-order chi connectivity index (χ1) is 18.1. The molecule has 1 spiro atoms. The quantitative estimate of drug-likeness (QED) is 0.350. The lowest BCUT2D eigenvalue weighted by Crippen LogP contribution is -2.38. The van der Waals surface area contributed by atoms with E-state index in [1.807, 2.05) is 37.0 Å². The molecule has 6 rings (SSSR count). The van der Waals surface area contributed by atoms with Crippen LogP contribution in [0.2, 0.25) is 0 Å². The molecule has 2 aromatic carbocycles. The summed E-state index contributed by atoms with van der Waals surface area (Å²) in [5.74, 6) is 2.01. The molecule has 0 bridgehead atoms. The average molecular weight is 493 g/mol. The van der Waals surface area contributed by atoms with Crippen molar-refractivity contribution in [2.45, 2.75) is 32.1 Å². The molecule has 1 atom stereocenters. The number of aromatic nitrogens is 4. The molecule has 1 saturated heterocycles. The van der Waals surface area contributed by atoms with Crippen molar-refractivity contribution in [3.8, 4) is 11.3 Å². The van der Waals surface area contributed by atoms with Gasteiger partial charge in [0.1, 0.15) is 5.82 Å². The van der Waals surface area contributed by atoms with Gasteiger partial charge in [0, 0.05) is 37.8 Å². The van der Waals surface area contributed by atoms with Gasteiger partial charge >= 0.3 is 0 Å². The predicted octanol–water partition coefficient (Wildman–Crippen LogP) is 5.53. The minimum absolute atomic E-state index is 0.421. The number of hydrogen-bond donors (Lipinski definition) is 1. The molecule has 37 heavy (non-hydrogen) atoms. The van der Waals surface area contributed by atoms with Crippen molar-refractivity contribution in [1.82, 2.24) is 24.9 Å². The molecule has 1 aliphatic carbocycles. The molecular weight excluding hydrogens is 456 g/mol. The number of benzene rings is 2. The van der Waals surface area contributed by atoms with Gasteiger partial charge < -0.3 is 10.2 Å². The van der Waals surface area contributed by atoms with E-state index in [9.17, 15) is 0 Å². The first-order valence-corrected chi connectivity index (χ1v) is 13.5. The van der Waals surface area contributed by atoms with Crippen molar-refractivity contribution < 1.29 is 0 Å². The number of anilines is 1. The molecule has 1 unspecified atom stereocenters. The van der Waals surface area contributed by atoms with E-state index in [1.165, 1.54) is 43.5 Å². The van der Waals surface area contributed by atoms with E-state index in [0.717, 1.165) is 41.8 Å². The number of likely N-dealkylation sites (tertiary alicyclic amines) is 1. The van der Waals surface area contributed by atoms with Crippen LogP contribution in [0.15, 0.2) is 79.0 Å². The van der Waals surface area contributed by atoms with Gasteiger partial charge in [-0.05, 0) is 73.9 Å². The van der Waals surface area contributed by atoms with Gasteiger partial charge in [-0.3, -0.25) is 4.68 Å². The van der Waals surface area contributed by atoms with Gasteiger partial charge in [-0.1, -0.05) is 60.7 Å². The fourth-order valence-electron chi connectivity index (χ4n) is 6.19. The first-order valence-electron chi connectivity index (χ1n) is 13.5. The molecular formula is C31H36N6. The fraction of sp³-hybridized carbons (Fsp3) is 0.387. The van der Waals surface area contributed by atoms with Crippen LogP contribution < -0.4 is 5.32 Å². The number of nitrogens with one attached hydrogen (secondary N) is 1. The van der Waals surface area contributed by atoms with Gasteiger partial charge in [-0.25, -0.2) is 0 Å². The number of aryl methyl sites for hydroxylation is 2. The Morgan fingerprint density at radius 1 is 0.919 bits per heavy atom. The Morgan fingerprint density at radius 3 is 2.16 bits per heavy atom. The average Bonchev–Trinajstić information content (AvgIpc) is 3.50. The molecule has 6 nitrogen and oxygen atoms in total. The Bertz CT molecular complexity index is 1270. The van der Waals surface area contributed by atoms with Crippen molar-refractivity contribution in [1.29, 1.82) is 0 Å². The highest BCUT2D eigenvalue weighted by atomic mass is 15.3. The van der Waals surface area contributed by atoms with E-state index in [1.54, 1.807) is 0 Å². The highest BCUT2D eigenvalue weighted by Gasteiger charge is 2.54. The Hall–Kier alpha value is -3.51. The van der Waals surface area contributed by atoms with Crippen molar-refractivity contribution in [3.63, 3.8) is 0 Å². The second-order valence-electron chi connectivity index (χ2n) is 10.9. The molecule has 2 aliphatic rings. The lowest BCUT2D eigenvalue weighted by atomic mass is 9.87. The second kappa shape index (κ2) is 10.1. The van der Waals surface area contributed by atoms with E-state index in [4.69, 9.17) is 0 Å². The summed E-state index contributed by atoms with van der Waals surface area (Å²) in [6.07, 6.45) is 5.91. The summed E-state index contributed by atoms with van der Waals surface area (Å²) in [7, 11) is 1.93. The molecule has 2 fully saturated rings. The number of hydrogen-bond acceptors (Lipinski definition) is 5. The van der Waals surface area contributed by atoms with Crippen molar-refractivity contribution >= 4 is 5.82 Å². The predicted molar refractivity (Wildman–Crippen MR) is 148 cm³/mol. The number of nitrogens with zero attached hydrogens (tertiary/aromatic N) is 5. The summed E-state index contributed by atoms with van der Waals surface area (Å²) in [5.41, 5.74) is 6.22. The standard InChI is InChI=1S/C31H36N6/c1-23-27(21-36(2)35-23)29-13-14-30(34-33-29)32-20-26-19-31(26)15-17-37(18-16-31)22-28(24-9-5-3-6-10-24)25-11-7-4-8-12-25/h3-14,21,26,28H,15-20,22H2,1-2H3,(H,32,34). The normalized spacial score (nSPS) is 18.8.